The van der Waals surface area contributed by atoms with E-state index in [-0.39, 0.29) is 28.6 Å². The van der Waals surface area contributed by atoms with Gasteiger partial charge in [-0.2, -0.15) is 0 Å². The first-order valence-corrected chi connectivity index (χ1v) is 6.71. The van der Waals surface area contributed by atoms with Crippen LogP contribution in [-0.4, -0.2) is 23.1 Å². The first-order chi connectivity index (χ1) is 9.51. The quantitative estimate of drug-likeness (QED) is 0.669. The molecule has 20 heavy (non-hydrogen) atoms. The van der Waals surface area contributed by atoms with E-state index in [1.54, 1.807) is 17.4 Å². The third-order valence-electron chi connectivity index (χ3n) is 2.69. The van der Waals surface area contributed by atoms with Crippen molar-refractivity contribution < 1.29 is 19.7 Å². The second kappa shape index (κ2) is 5.79. The fourth-order valence-corrected chi connectivity index (χ4v) is 2.56. The maximum absolute atomic E-state index is 12.1. The largest absolute Gasteiger partial charge is 0.508 e. The lowest BCUT2D eigenvalue weighted by atomic mass is 10.1. The number of phenolic OH excluding ortho intramolecular Hbond substituents is 2. The minimum Gasteiger partial charge on any atom is -0.508 e. The maximum atomic E-state index is 12.1. The molecule has 0 atom stereocenters. The molecule has 0 amide bonds. The molecule has 2 aromatic rings. The molecule has 104 valence electrons. The van der Waals surface area contributed by atoms with E-state index in [0.717, 1.165) is 15.8 Å². The summed E-state index contributed by atoms with van der Waals surface area (Å²) in [6, 6.07) is 6.28. The van der Waals surface area contributed by atoms with Crippen molar-refractivity contribution in [2.75, 3.05) is 7.11 Å². The number of methoxy groups -OCH3 is 1. The van der Waals surface area contributed by atoms with Gasteiger partial charge in [-0.3, -0.25) is 4.79 Å². The Hall–Kier alpha value is -2.27. The lowest BCUT2D eigenvalue weighted by molar-refractivity contribution is 0.104. The summed E-state index contributed by atoms with van der Waals surface area (Å²) in [5, 5.41) is 19.2. The van der Waals surface area contributed by atoms with Gasteiger partial charge < -0.3 is 14.9 Å². The number of aryl methyl sites for hydroxylation is 1. The third-order valence-corrected chi connectivity index (χ3v) is 3.66. The summed E-state index contributed by atoms with van der Waals surface area (Å²) < 4.78 is 5.01. The van der Waals surface area contributed by atoms with Gasteiger partial charge in [0, 0.05) is 21.9 Å². The van der Waals surface area contributed by atoms with Gasteiger partial charge in [0.15, 0.2) is 5.78 Å². The van der Waals surface area contributed by atoms with Gasteiger partial charge in [-0.25, -0.2) is 0 Å². The topological polar surface area (TPSA) is 66.8 Å². The molecule has 0 spiro atoms. The third kappa shape index (κ3) is 3.00. The molecule has 2 N–H and O–H groups in total. The summed E-state index contributed by atoms with van der Waals surface area (Å²) in [6.45, 7) is 1.98. The van der Waals surface area contributed by atoms with Crippen LogP contribution < -0.4 is 4.74 Å². The molecule has 0 radical (unpaired) electrons. The molecular weight excluding hydrogens is 276 g/mol. The summed E-state index contributed by atoms with van der Waals surface area (Å²) >= 11 is 1.57. The Labute approximate surface area is 120 Å². The van der Waals surface area contributed by atoms with Crippen LogP contribution in [0.25, 0.3) is 6.08 Å². The van der Waals surface area contributed by atoms with E-state index in [9.17, 15) is 15.0 Å². The van der Waals surface area contributed by atoms with Crippen molar-refractivity contribution in [3.63, 3.8) is 0 Å². The molecule has 0 saturated heterocycles. The number of carbonyl (C=O) groups excluding carboxylic acids is 1. The molecule has 5 heteroatoms. The van der Waals surface area contributed by atoms with Crippen LogP contribution in [0.4, 0.5) is 0 Å². The van der Waals surface area contributed by atoms with Crippen LogP contribution in [0, 0.1) is 6.92 Å². The monoisotopic (exact) mass is 290 g/mol. The van der Waals surface area contributed by atoms with Gasteiger partial charge >= 0.3 is 0 Å². The number of carbonyl (C=O) groups is 1. The van der Waals surface area contributed by atoms with Crippen molar-refractivity contribution in [1.29, 1.82) is 0 Å². The van der Waals surface area contributed by atoms with Crippen LogP contribution in [0.3, 0.4) is 0 Å². The van der Waals surface area contributed by atoms with Crippen LogP contribution in [0.15, 0.2) is 30.3 Å². The Balaban J connectivity index is 2.32. The fraction of sp³-hybridized carbons (Fsp3) is 0.133. The van der Waals surface area contributed by atoms with Crippen molar-refractivity contribution in [3.8, 4) is 17.2 Å². The Bertz CT molecular complexity index is 671. The van der Waals surface area contributed by atoms with Crippen molar-refractivity contribution >= 4 is 23.2 Å². The fourth-order valence-electron chi connectivity index (χ4n) is 1.78. The zero-order valence-corrected chi connectivity index (χ0v) is 11.9. The summed E-state index contributed by atoms with van der Waals surface area (Å²) in [5.41, 5.74) is 0.0369. The van der Waals surface area contributed by atoms with E-state index in [2.05, 4.69) is 0 Å². The molecule has 1 heterocycles. The summed E-state index contributed by atoms with van der Waals surface area (Å²) in [5.74, 6) is -0.711. The van der Waals surface area contributed by atoms with Crippen LogP contribution >= 0.6 is 11.3 Å². The molecule has 0 aliphatic rings. The number of phenols is 2. The number of hydrogen-bond acceptors (Lipinski definition) is 5. The van der Waals surface area contributed by atoms with Gasteiger partial charge in [0.25, 0.3) is 0 Å². The molecule has 1 aromatic carbocycles. The van der Waals surface area contributed by atoms with Gasteiger partial charge in [0.1, 0.15) is 22.8 Å². The molecule has 0 unspecified atom stereocenters. The Kier molecular flexibility index (Phi) is 4.10. The van der Waals surface area contributed by atoms with Crippen LogP contribution in [0.2, 0.25) is 0 Å². The molecule has 0 fully saturated rings. The zero-order chi connectivity index (χ0) is 14.7. The van der Waals surface area contributed by atoms with E-state index in [1.807, 2.05) is 19.1 Å². The van der Waals surface area contributed by atoms with Crippen molar-refractivity contribution in [3.05, 3.63) is 45.7 Å². The van der Waals surface area contributed by atoms with E-state index < -0.39 is 0 Å². The SMILES string of the molecule is COc1cc(O)cc(O)c1C(=O)/C=C/c1ccc(C)s1. The highest BCUT2D eigenvalue weighted by Crippen LogP contribution is 2.33. The van der Waals surface area contributed by atoms with Crippen molar-refractivity contribution in [2.45, 2.75) is 6.92 Å². The van der Waals surface area contributed by atoms with Crippen LogP contribution in [0.1, 0.15) is 20.1 Å². The second-order valence-electron chi connectivity index (χ2n) is 4.19. The molecular formula is C15H14O4S. The summed E-state index contributed by atoms with van der Waals surface area (Å²) in [7, 11) is 1.37. The van der Waals surface area contributed by atoms with Crippen molar-refractivity contribution in [1.82, 2.24) is 0 Å². The van der Waals surface area contributed by atoms with Gasteiger partial charge in [-0.15, -0.1) is 11.3 Å². The van der Waals surface area contributed by atoms with Crippen LogP contribution in [-0.2, 0) is 0 Å². The number of thiophene rings is 1. The van der Waals surface area contributed by atoms with E-state index in [4.69, 9.17) is 4.74 Å². The van der Waals surface area contributed by atoms with E-state index in [1.165, 1.54) is 19.3 Å². The lowest BCUT2D eigenvalue weighted by Crippen LogP contribution is -1.99. The Morgan fingerprint density at radius 1 is 1.30 bits per heavy atom. The predicted molar refractivity (Wildman–Crippen MR) is 78.7 cm³/mol. The van der Waals surface area contributed by atoms with Gasteiger partial charge in [0.2, 0.25) is 0 Å². The maximum Gasteiger partial charge on any atom is 0.193 e. The Morgan fingerprint density at radius 3 is 2.65 bits per heavy atom. The average Bonchev–Trinajstić information content (AvgIpc) is 2.80. The minimum absolute atomic E-state index is 0.0369. The zero-order valence-electron chi connectivity index (χ0n) is 11.1. The van der Waals surface area contributed by atoms with E-state index in [0.29, 0.717) is 0 Å². The Morgan fingerprint density at radius 2 is 2.05 bits per heavy atom. The molecule has 4 nitrogen and oxygen atoms in total. The standard InChI is InChI=1S/C15H14O4S/c1-9-3-4-11(20-9)5-6-12(17)15-13(18)7-10(16)8-14(15)19-2/h3-8,16,18H,1-2H3/b6-5+. The highest BCUT2D eigenvalue weighted by atomic mass is 32.1. The lowest BCUT2D eigenvalue weighted by Gasteiger charge is -2.08. The van der Waals surface area contributed by atoms with E-state index >= 15 is 0 Å². The highest BCUT2D eigenvalue weighted by Gasteiger charge is 2.16. The number of aromatic hydroxyl groups is 2. The van der Waals surface area contributed by atoms with Gasteiger partial charge in [-0.1, -0.05) is 0 Å². The first kappa shape index (κ1) is 14.1. The second-order valence-corrected chi connectivity index (χ2v) is 5.51. The molecule has 0 bridgehead atoms. The molecule has 2 rings (SSSR count). The number of rotatable bonds is 4. The van der Waals surface area contributed by atoms with Gasteiger partial charge in [0.05, 0.1) is 7.11 Å². The molecule has 0 aliphatic heterocycles. The van der Waals surface area contributed by atoms with Crippen LogP contribution in [0.5, 0.6) is 17.2 Å². The number of hydrogen-bond donors (Lipinski definition) is 2. The number of benzene rings is 1. The summed E-state index contributed by atoms with van der Waals surface area (Å²) in [6.07, 6.45) is 3.06. The normalized spacial score (nSPS) is 10.9. The predicted octanol–water partition coefficient (Wildman–Crippen LogP) is 3.37. The molecule has 1 aromatic heterocycles. The summed E-state index contributed by atoms with van der Waals surface area (Å²) in [4.78, 5) is 14.2. The number of ketones is 1. The number of allylic oxidation sites excluding steroid dienone is 1. The average molecular weight is 290 g/mol. The molecule has 0 saturated carbocycles. The first-order valence-electron chi connectivity index (χ1n) is 5.90. The highest BCUT2D eigenvalue weighted by molar-refractivity contribution is 7.12. The minimum atomic E-state index is -0.384. The smallest absolute Gasteiger partial charge is 0.193 e. The molecule has 0 aliphatic carbocycles. The van der Waals surface area contributed by atoms with Crippen molar-refractivity contribution in [2.24, 2.45) is 0 Å². The van der Waals surface area contributed by atoms with Gasteiger partial charge in [-0.05, 0) is 31.2 Å². The number of ether oxygens (including phenoxy) is 1.